The Morgan fingerprint density at radius 2 is 2.05 bits per heavy atom. The summed E-state index contributed by atoms with van der Waals surface area (Å²) >= 11 is 2.01. The van der Waals surface area contributed by atoms with Gasteiger partial charge in [-0.3, -0.25) is 0 Å². The number of rotatable bonds is 7. The molecule has 0 aliphatic carbocycles. The second-order valence-corrected chi connectivity index (χ2v) is 6.82. The van der Waals surface area contributed by atoms with Crippen molar-refractivity contribution in [1.29, 1.82) is 0 Å². The van der Waals surface area contributed by atoms with Gasteiger partial charge in [-0.2, -0.15) is 11.8 Å². The molecule has 0 amide bonds. The fourth-order valence-electron chi connectivity index (χ4n) is 2.22. The summed E-state index contributed by atoms with van der Waals surface area (Å²) in [6.07, 6.45) is 1.21. The molecule has 0 aliphatic heterocycles. The molecule has 20 heavy (non-hydrogen) atoms. The first kappa shape index (κ1) is 15.5. The first-order valence-corrected chi connectivity index (χ1v) is 8.54. The Bertz CT molecular complexity index is 549. The normalized spacial score (nSPS) is 14.6. The monoisotopic (exact) mass is 291 g/mol. The lowest BCUT2D eigenvalue weighted by Crippen LogP contribution is -2.23. The van der Waals surface area contributed by atoms with E-state index in [1.54, 1.807) is 0 Å². The van der Waals surface area contributed by atoms with E-state index in [2.05, 4.69) is 57.3 Å². The quantitative estimate of drug-likeness (QED) is 0.783. The highest BCUT2D eigenvalue weighted by molar-refractivity contribution is 7.99. The standard InChI is InChI=1S/C17H25NOS/c1-5-13(4)20-11-15(18-6-2)17-10-14-9-12(3)7-8-16(14)19-17/h7-10,13,15,18H,5-6,11H2,1-4H3. The molecule has 1 N–H and O–H groups in total. The molecule has 2 unspecified atom stereocenters. The number of hydrogen-bond acceptors (Lipinski definition) is 3. The lowest BCUT2D eigenvalue weighted by Gasteiger charge is -2.17. The van der Waals surface area contributed by atoms with Crippen molar-refractivity contribution in [3.8, 4) is 0 Å². The minimum atomic E-state index is 0.298. The van der Waals surface area contributed by atoms with Gasteiger partial charge in [-0.05, 0) is 38.1 Å². The van der Waals surface area contributed by atoms with Crippen LogP contribution in [0.25, 0.3) is 11.0 Å². The number of nitrogens with one attached hydrogen (secondary N) is 1. The van der Waals surface area contributed by atoms with Gasteiger partial charge < -0.3 is 9.73 Å². The third-order valence-corrected chi connectivity index (χ3v) is 5.04. The first-order valence-electron chi connectivity index (χ1n) is 7.49. The third-order valence-electron chi connectivity index (χ3n) is 3.61. The smallest absolute Gasteiger partial charge is 0.134 e. The summed E-state index contributed by atoms with van der Waals surface area (Å²) in [4.78, 5) is 0. The highest BCUT2D eigenvalue weighted by Crippen LogP contribution is 2.28. The van der Waals surface area contributed by atoms with Gasteiger partial charge in [-0.1, -0.05) is 32.4 Å². The van der Waals surface area contributed by atoms with Gasteiger partial charge in [0.1, 0.15) is 11.3 Å². The molecule has 0 bridgehead atoms. The maximum atomic E-state index is 6.03. The Morgan fingerprint density at radius 3 is 2.75 bits per heavy atom. The van der Waals surface area contributed by atoms with Gasteiger partial charge in [-0.15, -0.1) is 0 Å². The van der Waals surface area contributed by atoms with Crippen LogP contribution in [0.5, 0.6) is 0 Å². The molecule has 3 heteroatoms. The van der Waals surface area contributed by atoms with Crippen LogP contribution in [-0.4, -0.2) is 17.5 Å². The van der Waals surface area contributed by atoms with E-state index < -0.39 is 0 Å². The molecule has 2 aromatic rings. The lowest BCUT2D eigenvalue weighted by molar-refractivity contribution is 0.463. The average molecular weight is 291 g/mol. The van der Waals surface area contributed by atoms with Crippen molar-refractivity contribution in [2.75, 3.05) is 12.3 Å². The van der Waals surface area contributed by atoms with Crippen molar-refractivity contribution in [3.05, 3.63) is 35.6 Å². The van der Waals surface area contributed by atoms with Crippen molar-refractivity contribution in [1.82, 2.24) is 5.32 Å². The van der Waals surface area contributed by atoms with E-state index in [-0.39, 0.29) is 0 Å². The molecule has 2 atom stereocenters. The molecule has 0 aliphatic rings. The SMILES string of the molecule is CCNC(CSC(C)CC)c1cc2cc(C)ccc2o1. The van der Waals surface area contributed by atoms with Crippen LogP contribution < -0.4 is 5.32 Å². The summed E-state index contributed by atoms with van der Waals surface area (Å²) in [7, 11) is 0. The average Bonchev–Trinajstić information content (AvgIpc) is 2.85. The maximum Gasteiger partial charge on any atom is 0.134 e. The van der Waals surface area contributed by atoms with Crippen LogP contribution in [0.1, 0.15) is 44.6 Å². The van der Waals surface area contributed by atoms with Crippen molar-refractivity contribution in [2.24, 2.45) is 0 Å². The summed E-state index contributed by atoms with van der Waals surface area (Å²) in [5, 5.41) is 5.44. The largest absolute Gasteiger partial charge is 0.459 e. The van der Waals surface area contributed by atoms with Crippen LogP contribution >= 0.6 is 11.8 Å². The second-order valence-electron chi connectivity index (χ2n) is 5.35. The molecular weight excluding hydrogens is 266 g/mol. The summed E-state index contributed by atoms with van der Waals surface area (Å²) in [5.74, 6) is 2.12. The molecule has 0 saturated carbocycles. The van der Waals surface area contributed by atoms with E-state index in [1.807, 2.05) is 11.8 Å². The Hall–Kier alpha value is -0.930. The first-order chi connectivity index (χ1) is 9.63. The van der Waals surface area contributed by atoms with E-state index >= 15 is 0 Å². The number of hydrogen-bond donors (Lipinski definition) is 1. The second kappa shape index (κ2) is 7.19. The predicted molar refractivity (Wildman–Crippen MR) is 89.6 cm³/mol. The Labute approximate surface area is 126 Å². The molecule has 110 valence electrons. The summed E-state index contributed by atoms with van der Waals surface area (Å²) in [6.45, 7) is 9.75. The summed E-state index contributed by atoms with van der Waals surface area (Å²) in [5.41, 5.74) is 2.26. The van der Waals surface area contributed by atoms with Gasteiger partial charge in [0.15, 0.2) is 0 Å². The van der Waals surface area contributed by atoms with Crippen molar-refractivity contribution in [2.45, 2.75) is 45.4 Å². The lowest BCUT2D eigenvalue weighted by atomic mass is 10.1. The molecule has 0 saturated heterocycles. The number of thioether (sulfide) groups is 1. The molecule has 1 aromatic carbocycles. The highest BCUT2D eigenvalue weighted by atomic mass is 32.2. The maximum absolute atomic E-state index is 6.03. The van der Waals surface area contributed by atoms with Crippen LogP contribution in [0.3, 0.4) is 0 Å². The Balaban J connectivity index is 2.17. The van der Waals surface area contributed by atoms with Crippen LogP contribution in [-0.2, 0) is 0 Å². The van der Waals surface area contributed by atoms with E-state index in [4.69, 9.17) is 4.42 Å². The van der Waals surface area contributed by atoms with Gasteiger partial charge in [0.25, 0.3) is 0 Å². The zero-order valence-corrected chi connectivity index (χ0v) is 13.7. The number of aryl methyl sites for hydroxylation is 1. The van der Waals surface area contributed by atoms with Gasteiger partial charge >= 0.3 is 0 Å². The van der Waals surface area contributed by atoms with Crippen LogP contribution in [0.4, 0.5) is 0 Å². The van der Waals surface area contributed by atoms with Crippen LogP contribution in [0.15, 0.2) is 28.7 Å². The molecule has 2 rings (SSSR count). The van der Waals surface area contributed by atoms with Gasteiger partial charge in [0.2, 0.25) is 0 Å². The fourth-order valence-corrected chi connectivity index (χ4v) is 3.26. The van der Waals surface area contributed by atoms with Crippen LogP contribution in [0.2, 0.25) is 0 Å². The van der Waals surface area contributed by atoms with E-state index in [9.17, 15) is 0 Å². The zero-order chi connectivity index (χ0) is 14.5. The number of fused-ring (bicyclic) bond motifs is 1. The topological polar surface area (TPSA) is 25.2 Å². The van der Waals surface area contributed by atoms with Crippen molar-refractivity contribution >= 4 is 22.7 Å². The van der Waals surface area contributed by atoms with Crippen molar-refractivity contribution in [3.63, 3.8) is 0 Å². The van der Waals surface area contributed by atoms with Gasteiger partial charge in [0.05, 0.1) is 6.04 Å². The molecule has 0 fully saturated rings. The summed E-state index contributed by atoms with van der Waals surface area (Å²) in [6, 6.07) is 8.84. The number of benzene rings is 1. The third kappa shape index (κ3) is 3.80. The number of furan rings is 1. The predicted octanol–water partition coefficient (Wildman–Crippen LogP) is 4.92. The van der Waals surface area contributed by atoms with Crippen molar-refractivity contribution < 1.29 is 4.42 Å². The van der Waals surface area contributed by atoms with E-state index in [0.717, 1.165) is 23.6 Å². The molecular formula is C17H25NOS. The van der Waals surface area contributed by atoms with Gasteiger partial charge in [0, 0.05) is 16.4 Å². The zero-order valence-electron chi connectivity index (χ0n) is 12.9. The van der Waals surface area contributed by atoms with E-state index in [1.165, 1.54) is 17.4 Å². The van der Waals surface area contributed by atoms with E-state index in [0.29, 0.717) is 11.3 Å². The highest BCUT2D eigenvalue weighted by Gasteiger charge is 2.16. The minimum absolute atomic E-state index is 0.298. The molecule has 1 aromatic heterocycles. The molecule has 2 nitrogen and oxygen atoms in total. The fraction of sp³-hybridized carbons (Fsp3) is 0.529. The molecule has 0 spiro atoms. The van der Waals surface area contributed by atoms with Crippen LogP contribution in [0, 0.1) is 6.92 Å². The Kier molecular flexibility index (Phi) is 5.55. The minimum Gasteiger partial charge on any atom is -0.459 e. The summed E-state index contributed by atoms with van der Waals surface area (Å²) < 4.78 is 6.03. The van der Waals surface area contributed by atoms with Gasteiger partial charge in [-0.25, -0.2) is 0 Å². The molecule has 0 radical (unpaired) electrons. The molecule has 1 heterocycles. The Morgan fingerprint density at radius 1 is 1.25 bits per heavy atom.